The van der Waals surface area contributed by atoms with E-state index >= 15 is 0 Å². The fourth-order valence-corrected chi connectivity index (χ4v) is 2.75. The van der Waals surface area contributed by atoms with Crippen LogP contribution in [0.3, 0.4) is 0 Å². The molecule has 0 fully saturated rings. The highest BCUT2D eigenvalue weighted by atomic mass is 35.5. The van der Waals surface area contributed by atoms with Crippen LogP contribution in [0.25, 0.3) is 0 Å². The van der Waals surface area contributed by atoms with Crippen LogP contribution in [0.2, 0.25) is 10.0 Å². The summed E-state index contributed by atoms with van der Waals surface area (Å²) in [6.07, 6.45) is 0.579. The highest BCUT2D eigenvalue weighted by Crippen LogP contribution is 2.30. The van der Waals surface area contributed by atoms with E-state index in [1.54, 1.807) is 10.7 Å². The number of likely N-dealkylation sites (N-methyl/N-ethyl adjacent to an activating group) is 1. The molecule has 20 heavy (non-hydrogen) atoms. The SMILES string of the molecule is CNC(Cc1c(Cl)c(C)nn1C)c1cccc(F)c1Cl. The monoisotopic (exact) mass is 315 g/mol. The van der Waals surface area contributed by atoms with Gasteiger partial charge >= 0.3 is 0 Å². The fraction of sp³-hybridized carbons (Fsp3) is 0.357. The van der Waals surface area contributed by atoms with Gasteiger partial charge < -0.3 is 5.32 Å². The Labute approximate surface area is 127 Å². The van der Waals surface area contributed by atoms with Crippen molar-refractivity contribution in [2.75, 3.05) is 7.05 Å². The molecule has 0 radical (unpaired) electrons. The molecular weight excluding hydrogens is 300 g/mol. The Kier molecular flexibility index (Phi) is 4.68. The van der Waals surface area contributed by atoms with Crippen LogP contribution in [0.1, 0.15) is 23.0 Å². The molecule has 1 heterocycles. The lowest BCUT2D eigenvalue weighted by atomic mass is 10.0. The summed E-state index contributed by atoms with van der Waals surface area (Å²) in [6, 6.07) is 4.67. The van der Waals surface area contributed by atoms with Gasteiger partial charge in [-0.25, -0.2) is 4.39 Å². The molecule has 2 aromatic rings. The van der Waals surface area contributed by atoms with Gasteiger partial charge in [-0.15, -0.1) is 0 Å². The summed E-state index contributed by atoms with van der Waals surface area (Å²) in [5.41, 5.74) is 2.39. The molecule has 0 aliphatic carbocycles. The summed E-state index contributed by atoms with van der Waals surface area (Å²) in [4.78, 5) is 0. The van der Waals surface area contributed by atoms with Crippen LogP contribution >= 0.6 is 23.2 Å². The molecule has 2 rings (SSSR count). The molecule has 0 spiro atoms. The number of nitrogens with one attached hydrogen (secondary N) is 1. The van der Waals surface area contributed by atoms with Gasteiger partial charge in [-0.1, -0.05) is 35.3 Å². The van der Waals surface area contributed by atoms with Gasteiger partial charge in [-0.2, -0.15) is 5.10 Å². The molecule has 1 aromatic heterocycles. The first-order valence-corrected chi connectivity index (χ1v) is 7.00. The number of benzene rings is 1. The molecule has 1 atom stereocenters. The molecule has 1 unspecified atom stereocenters. The van der Waals surface area contributed by atoms with E-state index in [2.05, 4.69) is 10.4 Å². The molecule has 6 heteroatoms. The van der Waals surface area contributed by atoms with E-state index in [0.29, 0.717) is 17.0 Å². The normalized spacial score (nSPS) is 12.7. The first-order valence-electron chi connectivity index (χ1n) is 6.24. The van der Waals surface area contributed by atoms with Crippen molar-refractivity contribution in [1.29, 1.82) is 0 Å². The Morgan fingerprint density at radius 3 is 2.60 bits per heavy atom. The number of halogens is 3. The van der Waals surface area contributed by atoms with Crippen LogP contribution in [0.5, 0.6) is 0 Å². The minimum Gasteiger partial charge on any atom is -0.313 e. The maximum atomic E-state index is 13.6. The molecule has 0 bridgehead atoms. The van der Waals surface area contributed by atoms with Gasteiger partial charge in [0.1, 0.15) is 5.82 Å². The molecule has 0 saturated carbocycles. The van der Waals surface area contributed by atoms with Gasteiger partial charge in [0.25, 0.3) is 0 Å². The molecule has 3 nitrogen and oxygen atoms in total. The van der Waals surface area contributed by atoms with E-state index in [0.717, 1.165) is 11.4 Å². The van der Waals surface area contributed by atoms with E-state index in [4.69, 9.17) is 23.2 Å². The van der Waals surface area contributed by atoms with Crippen molar-refractivity contribution in [3.05, 3.63) is 51.0 Å². The second-order valence-electron chi connectivity index (χ2n) is 4.66. The zero-order valence-electron chi connectivity index (χ0n) is 11.5. The molecule has 108 valence electrons. The predicted molar refractivity (Wildman–Crippen MR) is 79.9 cm³/mol. The average Bonchev–Trinajstić information content (AvgIpc) is 2.65. The van der Waals surface area contributed by atoms with Crippen molar-refractivity contribution in [3.8, 4) is 0 Å². The number of hydrogen-bond donors (Lipinski definition) is 1. The van der Waals surface area contributed by atoms with Crippen molar-refractivity contribution >= 4 is 23.2 Å². The summed E-state index contributed by atoms with van der Waals surface area (Å²) in [5, 5.41) is 8.21. The number of hydrogen-bond acceptors (Lipinski definition) is 2. The summed E-state index contributed by atoms with van der Waals surface area (Å²) in [5.74, 6) is -0.420. The topological polar surface area (TPSA) is 29.9 Å². The lowest BCUT2D eigenvalue weighted by Crippen LogP contribution is -2.21. The standard InChI is InChI=1S/C14H16Cl2FN3/c1-8-13(15)12(20(3)19-8)7-11(18-2)9-5-4-6-10(17)14(9)16/h4-6,11,18H,7H2,1-3H3. The van der Waals surface area contributed by atoms with Crippen molar-refractivity contribution in [1.82, 2.24) is 15.1 Å². The van der Waals surface area contributed by atoms with Crippen molar-refractivity contribution in [3.63, 3.8) is 0 Å². The smallest absolute Gasteiger partial charge is 0.142 e. The zero-order valence-corrected chi connectivity index (χ0v) is 13.1. The fourth-order valence-electron chi connectivity index (χ4n) is 2.25. The average molecular weight is 316 g/mol. The third-order valence-electron chi connectivity index (χ3n) is 3.36. The zero-order chi connectivity index (χ0) is 14.9. The lowest BCUT2D eigenvalue weighted by molar-refractivity contribution is 0.554. The van der Waals surface area contributed by atoms with E-state index in [-0.39, 0.29) is 11.1 Å². The highest BCUT2D eigenvalue weighted by molar-refractivity contribution is 6.32. The second kappa shape index (κ2) is 6.12. The van der Waals surface area contributed by atoms with E-state index < -0.39 is 5.82 Å². The van der Waals surface area contributed by atoms with Crippen LogP contribution in [-0.2, 0) is 13.5 Å². The van der Waals surface area contributed by atoms with Gasteiger partial charge in [0.15, 0.2) is 0 Å². The molecule has 0 saturated heterocycles. The summed E-state index contributed by atoms with van der Waals surface area (Å²) in [6.45, 7) is 1.86. The Bertz CT molecular complexity index is 625. The van der Waals surface area contributed by atoms with E-state index in [1.165, 1.54) is 6.07 Å². The third kappa shape index (κ3) is 2.82. The maximum absolute atomic E-state index is 13.6. The largest absolute Gasteiger partial charge is 0.313 e. The van der Waals surface area contributed by atoms with Crippen molar-refractivity contribution in [2.45, 2.75) is 19.4 Å². The van der Waals surface area contributed by atoms with E-state index in [1.807, 2.05) is 27.1 Å². The number of aryl methyl sites for hydroxylation is 2. The number of aromatic nitrogens is 2. The maximum Gasteiger partial charge on any atom is 0.142 e. The Balaban J connectivity index is 2.36. The quantitative estimate of drug-likeness (QED) is 0.932. The number of rotatable bonds is 4. The first kappa shape index (κ1) is 15.3. The number of nitrogens with zero attached hydrogens (tertiary/aromatic N) is 2. The van der Waals surface area contributed by atoms with Gasteiger partial charge in [0, 0.05) is 19.5 Å². The second-order valence-corrected chi connectivity index (χ2v) is 5.41. The summed E-state index contributed by atoms with van der Waals surface area (Å²) >= 11 is 12.3. The van der Waals surface area contributed by atoms with Gasteiger partial charge in [-0.3, -0.25) is 4.68 Å². The van der Waals surface area contributed by atoms with Crippen molar-refractivity contribution < 1.29 is 4.39 Å². The van der Waals surface area contributed by atoms with Crippen molar-refractivity contribution in [2.24, 2.45) is 7.05 Å². The van der Waals surface area contributed by atoms with E-state index in [9.17, 15) is 4.39 Å². The molecule has 1 aromatic carbocycles. The summed E-state index contributed by atoms with van der Waals surface area (Å²) in [7, 11) is 3.65. The van der Waals surface area contributed by atoms with Crippen LogP contribution < -0.4 is 5.32 Å². The molecule has 0 amide bonds. The minimum atomic E-state index is -0.420. The lowest BCUT2D eigenvalue weighted by Gasteiger charge is -2.18. The Morgan fingerprint density at radius 2 is 2.05 bits per heavy atom. The van der Waals surface area contributed by atoms with Gasteiger partial charge in [0.2, 0.25) is 0 Å². The van der Waals surface area contributed by atoms with Gasteiger partial charge in [-0.05, 0) is 25.6 Å². The van der Waals surface area contributed by atoms with Crippen LogP contribution in [0.15, 0.2) is 18.2 Å². The third-order valence-corrected chi connectivity index (χ3v) is 4.25. The summed E-state index contributed by atoms with van der Waals surface area (Å²) < 4.78 is 15.3. The highest BCUT2D eigenvalue weighted by Gasteiger charge is 2.20. The molecule has 0 aliphatic heterocycles. The predicted octanol–water partition coefficient (Wildman–Crippen LogP) is 3.68. The van der Waals surface area contributed by atoms with Crippen LogP contribution in [0.4, 0.5) is 4.39 Å². The molecule has 0 aliphatic rings. The van der Waals surface area contributed by atoms with Gasteiger partial charge in [0.05, 0.1) is 21.4 Å². The molecular formula is C14H16Cl2FN3. The Hall–Kier alpha value is -1.10. The molecule has 1 N–H and O–H groups in total. The minimum absolute atomic E-state index is 0.134. The van der Waals surface area contributed by atoms with Crippen LogP contribution in [-0.4, -0.2) is 16.8 Å². The first-order chi connectivity index (χ1) is 9.45. The van der Waals surface area contributed by atoms with Crippen LogP contribution in [0, 0.1) is 12.7 Å². The Morgan fingerprint density at radius 1 is 1.35 bits per heavy atom.